The van der Waals surface area contributed by atoms with Crippen LogP contribution in [0.3, 0.4) is 0 Å². The second-order valence-corrected chi connectivity index (χ2v) is 5.85. The van der Waals surface area contributed by atoms with Gasteiger partial charge in [0, 0.05) is 17.7 Å². The number of anilines is 1. The maximum Gasteiger partial charge on any atom is 0.387 e. The smallest absolute Gasteiger partial charge is 0.387 e. The van der Waals surface area contributed by atoms with Crippen molar-refractivity contribution < 1.29 is 23.4 Å². The highest BCUT2D eigenvalue weighted by Gasteiger charge is 2.31. The van der Waals surface area contributed by atoms with Gasteiger partial charge in [-0.15, -0.1) is 0 Å². The van der Waals surface area contributed by atoms with E-state index in [9.17, 15) is 18.7 Å². The molecule has 7 heteroatoms. The van der Waals surface area contributed by atoms with E-state index >= 15 is 0 Å². The van der Waals surface area contributed by atoms with Gasteiger partial charge in [-0.1, -0.05) is 30.3 Å². The molecule has 0 unspecified atom stereocenters. The van der Waals surface area contributed by atoms with Gasteiger partial charge in [0.2, 0.25) is 0 Å². The summed E-state index contributed by atoms with van der Waals surface area (Å²) < 4.78 is 29.2. The second kappa shape index (κ2) is 7.06. The number of aliphatic hydroxyl groups is 1. The molecule has 2 aromatic rings. The normalized spacial score (nSPS) is 18.8. The van der Waals surface area contributed by atoms with E-state index in [1.165, 1.54) is 12.1 Å². The van der Waals surface area contributed by atoms with E-state index in [0.717, 1.165) is 11.1 Å². The van der Waals surface area contributed by atoms with E-state index in [2.05, 4.69) is 15.4 Å². The van der Waals surface area contributed by atoms with Crippen LogP contribution in [0.4, 0.5) is 19.3 Å². The average molecular weight is 348 g/mol. The van der Waals surface area contributed by atoms with Crippen molar-refractivity contribution in [2.75, 3.05) is 5.32 Å². The molecular weight excluding hydrogens is 330 g/mol. The van der Waals surface area contributed by atoms with Gasteiger partial charge in [0.1, 0.15) is 5.75 Å². The first-order valence-electron chi connectivity index (χ1n) is 7.83. The zero-order valence-corrected chi connectivity index (χ0v) is 13.5. The molecule has 0 radical (unpaired) electrons. The average Bonchev–Trinajstić information content (AvgIpc) is 2.87. The van der Waals surface area contributed by atoms with Gasteiger partial charge in [-0.05, 0) is 30.2 Å². The van der Waals surface area contributed by atoms with Gasteiger partial charge >= 0.3 is 12.6 Å². The standard InChI is InChI=1S/C18H18F2N2O3/c1-10-13(7-4-8-15(10)25-17(19)20)21-18(24)22-16-12-6-3-2-5-11(12)9-14(16)23/h2-8,14,16-17,23H,9H2,1H3,(H2,21,22,24)/t14-,16+/m0/s1. The maximum atomic E-state index is 12.4. The third-order valence-electron chi connectivity index (χ3n) is 4.24. The summed E-state index contributed by atoms with van der Waals surface area (Å²) in [5.41, 5.74) is 2.61. The molecular formula is C18H18F2N2O3. The molecule has 2 atom stereocenters. The van der Waals surface area contributed by atoms with Crippen LogP contribution in [0.1, 0.15) is 22.7 Å². The minimum Gasteiger partial charge on any atom is -0.434 e. The Hall–Kier alpha value is -2.67. The predicted octanol–water partition coefficient (Wildman–Crippen LogP) is 3.38. The van der Waals surface area contributed by atoms with Gasteiger partial charge in [0.05, 0.1) is 12.1 Å². The van der Waals surface area contributed by atoms with Crippen molar-refractivity contribution in [3.05, 3.63) is 59.2 Å². The minimum absolute atomic E-state index is 0.000883. The molecule has 0 spiro atoms. The summed E-state index contributed by atoms with van der Waals surface area (Å²) in [6.45, 7) is -1.36. The Balaban J connectivity index is 1.71. The van der Waals surface area contributed by atoms with Crippen LogP contribution in [0.15, 0.2) is 42.5 Å². The fourth-order valence-electron chi connectivity index (χ4n) is 3.02. The number of aliphatic hydroxyl groups excluding tert-OH is 1. The molecule has 5 nitrogen and oxygen atoms in total. The number of rotatable bonds is 4. The summed E-state index contributed by atoms with van der Waals surface area (Å²) in [4.78, 5) is 12.3. The Bertz CT molecular complexity index is 783. The number of halogens is 2. The quantitative estimate of drug-likeness (QED) is 0.793. The summed E-state index contributed by atoms with van der Waals surface area (Å²) in [7, 11) is 0. The Kier molecular flexibility index (Phi) is 4.85. The van der Waals surface area contributed by atoms with E-state index in [4.69, 9.17) is 0 Å². The molecule has 3 rings (SSSR count). The van der Waals surface area contributed by atoms with Crippen LogP contribution >= 0.6 is 0 Å². The highest BCUT2D eigenvalue weighted by molar-refractivity contribution is 5.91. The van der Waals surface area contributed by atoms with Gasteiger partial charge < -0.3 is 20.5 Å². The Morgan fingerprint density at radius 1 is 1.24 bits per heavy atom. The van der Waals surface area contributed by atoms with E-state index < -0.39 is 24.8 Å². The number of ether oxygens (including phenoxy) is 1. The fraction of sp³-hybridized carbons (Fsp3) is 0.278. The molecule has 0 heterocycles. The zero-order valence-electron chi connectivity index (χ0n) is 13.5. The number of benzene rings is 2. The number of urea groups is 1. The van der Waals surface area contributed by atoms with Crippen LogP contribution in [-0.4, -0.2) is 23.9 Å². The van der Waals surface area contributed by atoms with Crippen LogP contribution < -0.4 is 15.4 Å². The van der Waals surface area contributed by atoms with Crippen molar-refractivity contribution in [2.45, 2.75) is 32.1 Å². The molecule has 132 valence electrons. The van der Waals surface area contributed by atoms with Crippen LogP contribution in [0.25, 0.3) is 0 Å². The van der Waals surface area contributed by atoms with E-state index in [1.54, 1.807) is 13.0 Å². The summed E-state index contributed by atoms with van der Waals surface area (Å²) in [5, 5.41) is 15.5. The van der Waals surface area contributed by atoms with Crippen molar-refractivity contribution in [1.29, 1.82) is 0 Å². The fourth-order valence-corrected chi connectivity index (χ4v) is 3.02. The molecule has 0 saturated heterocycles. The van der Waals surface area contributed by atoms with Crippen LogP contribution in [0.2, 0.25) is 0 Å². The van der Waals surface area contributed by atoms with Gasteiger partial charge in [0.15, 0.2) is 0 Å². The number of alkyl halides is 2. The Morgan fingerprint density at radius 2 is 2.00 bits per heavy atom. The van der Waals surface area contributed by atoms with Crippen molar-refractivity contribution in [3.8, 4) is 5.75 Å². The highest BCUT2D eigenvalue weighted by atomic mass is 19.3. The summed E-state index contributed by atoms with van der Waals surface area (Å²) in [5.74, 6) is -0.000883. The minimum atomic E-state index is -2.94. The molecule has 3 N–H and O–H groups in total. The second-order valence-electron chi connectivity index (χ2n) is 5.85. The number of carbonyl (C=O) groups is 1. The van der Waals surface area contributed by atoms with Gasteiger partial charge in [-0.3, -0.25) is 0 Å². The number of nitrogens with one attached hydrogen (secondary N) is 2. The maximum absolute atomic E-state index is 12.4. The first kappa shape index (κ1) is 17.2. The third kappa shape index (κ3) is 3.71. The van der Waals surface area contributed by atoms with Gasteiger partial charge in [0.25, 0.3) is 0 Å². The Labute approximate surface area is 143 Å². The summed E-state index contributed by atoms with van der Waals surface area (Å²) in [6.07, 6.45) is -0.240. The Morgan fingerprint density at radius 3 is 2.76 bits per heavy atom. The molecule has 1 aliphatic carbocycles. The first-order valence-corrected chi connectivity index (χ1v) is 7.83. The monoisotopic (exact) mass is 348 g/mol. The topological polar surface area (TPSA) is 70.6 Å². The summed E-state index contributed by atoms with van der Waals surface area (Å²) >= 11 is 0. The van der Waals surface area contributed by atoms with Crippen molar-refractivity contribution in [2.24, 2.45) is 0 Å². The van der Waals surface area contributed by atoms with Crippen LogP contribution in [0.5, 0.6) is 5.75 Å². The molecule has 25 heavy (non-hydrogen) atoms. The molecule has 0 aliphatic heterocycles. The molecule has 0 bridgehead atoms. The van der Waals surface area contributed by atoms with Gasteiger partial charge in [-0.25, -0.2) is 4.79 Å². The molecule has 2 amide bonds. The van der Waals surface area contributed by atoms with Crippen LogP contribution in [0, 0.1) is 6.92 Å². The highest BCUT2D eigenvalue weighted by Crippen LogP contribution is 2.31. The molecule has 2 aromatic carbocycles. The summed E-state index contributed by atoms with van der Waals surface area (Å²) in [6, 6.07) is 11.0. The SMILES string of the molecule is Cc1c(NC(=O)N[C@@H]2c3ccccc3C[C@@H]2O)cccc1OC(F)F. The number of hydrogen-bond acceptors (Lipinski definition) is 3. The molecule has 1 aliphatic rings. The lowest BCUT2D eigenvalue weighted by Gasteiger charge is -2.19. The lowest BCUT2D eigenvalue weighted by molar-refractivity contribution is -0.0502. The lowest BCUT2D eigenvalue weighted by atomic mass is 10.1. The number of amides is 2. The first-order chi connectivity index (χ1) is 12.0. The van der Waals surface area contributed by atoms with Crippen molar-refractivity contribution >= 4 is 11.7 Å². The number of hydrogen-bond donors (Lipinski definition) is 3. The predicted molar refractivity (Wildman–Crippen MR) is 88.9 cm³/mol. The molecule has 0 saturated carbocycles. The van der Waals surface area contributed by atoms with E-state index in [-0.39, 0.29) is 5.75 Å². The molecule has 0 aromatic heterocycles. The zero-order chi connectivity index (χ0) is 18.0. The number of fused-ring (bicyclic) bond motifs is 1. The number of carbonyl (C=O) groups excluding carboxylic acids is 1. The van der Waals surface area contributed by atoms with Crippen molar-refractivity contribution in [1.82, 2.24) is 5.32 Å². The van der Waals surface area contributed by atoms with Gasteiger partial charge in [-0.2, -0.15) is 8.78 Å². The third-order valence-corrected chi connectivity index (χ3v) is 4.24. The van der Waals surface area contributed by atoms with E-state index in [1.807, 2.05) is 24.3 Å². The van der Waals surface area contributed by atoms with Crippen molar-refractivity contribution in [3.63, 3.8) is 0 Å². The largest absolute Gasteiger partial charge is 0.434 e. The van der Waals surface area contributed by atoms with Crippen LogP contribution in [-0.2, 0) is 6.42 Å². The molecule has 0 fully saturated rings. The lowest BCUT2D eigenvalue weighted by Crippen LogP contribution is -2.36. The van der Waals surface area contributed by atoms with E-state index in [0.29, 0.717) is 17.7 Å².